The second-order valence-corrected chi connectivity index (χ2v) is 8.27. The first-order valence-electron chi connectivity index (χ1n) is 6.27. The van der Waals surface area contributed by atoms with Crippen LogP contribution < -0.4 is 4.74 Å². The maximum absolute atomic E-state index is 5.78. The SMILES string of the molecule is CO[Si](Cc1ccc(OC(C)(C)C)cc1)(OC)OC. The van der Waals surface area contributed by atoms with Crippen LogP contribution in [0.15, 0.2) is 24.3 Å². The van der Waals surface area contributed by atoms with Crippen molar-refractivity contribution >= 4 is 8.80 Å². The Hall–Kier alpha value is -0.883. The minimum atomic E-state index is -2.56. The molecule has 5 heteroatoms. The first kappa shape index (κ1) is 16.2. The lowest BCUT2D eigenvalue weighted by Gasteiger charge is -2.25. The molecule has 0 saturated heterocycles. The van der Waals surface area contributed by atoms with Crippen molar-refractivity contribution in [1.82, 2.24) is 0 Å². The van der Waals surface area contributed by atoms with Crippen molar-refractivity contribution in [2.24, 2.45) is 0 Å². The fourth-order valence-corrected chi connectivity index (χ4v) is 3.41. The van der Waals surface area contributed by atoms with Crippen molar-refractivity contribution in [2.45, 2.75) is 32.4 Å². The van der Waals surface area contributed by atoms with Gasteiger partial charge in [-0.15, -0.1) is 0 Å². The Morgan fingerprint density at radius 2 is 1.37 bits per heavy atom. The summed E-state index contributed by atoms with van der Waals surface area (Å²) in [4.78, 5) is 0. The van der Waals surface area contributed by atoms with Gasteiger partial charge in [-0.25, -0.2) is 0 Å². The van der Waals surface area contributed by atoms with Gasteiger partial charge in [0, 0.05) is 27.4 Å². The first-order valence-corrected chi connectivity index (χ1v) is 8.21. The molecular formula is C14H24O4Si. The van der Waals surface area contributed by atoms with E-state index in [4.69, 9.17) is 18.0 Å². The highest BCUT2D eigenvalue weighted by Crippen LogP contribution is 2.21. The number of ether oxygens (including phenoxy) is 1. The van der Waals surface area contributed by atoms with Crippen LogP contribution in [0.25, 0.3) is 0 Å². The molecule has 0 unspecified atom stereocenters. The van der Waals surface area contributed by atoms with Gasteiger partial charge < -0.3 is 18.0 Å². The Balaban J connectivity index is 2.76. The summed E-state index contributed by atoms with van der Waals surface area (Å²) < 4.78 is 22.0. The van der Waals surface area contributed by atoms with Crippen LogP contribution >= 0.6 is 0 Å². The quantitative estimate of drug-likeness (QED) is 0.753. The summed E-state index contributed by atoms with van der Waals surface area (Å²) >= 11 is 0. The molecule has 19 heavy (non-hydrogen) atoms. The van der Waals surface area contributed by atoms with E-state index in [1.54, 1.807) is 21.3 Å². The minimum Gasteiger partial charge on any atom is -0.488 e. The van der Waals surface area contributed by atoms with Gasteiger partial charge in [0.1, 0.15) is 11.4 Å². The summed E-state index contributed by atoms with van der Waals surface area (Å²) in [7, 11) is 2.30. The van der Waals surface area contributed by atoms with Gasteiger partial charge in [-0.1, -0.05) is 12.1 Å². The molecule has 0 atom stereocenters. The van der Waals surface area contributed by atoms with Crippen LogP contribution in [0, 0.1) is 0 Å². The van der Waals surface area contributed by atoms with Crippen LogP contribution in [-0.2, 0) is 19.3 Å². The van der Waals surface area contributed by atoms with Crippen LogP contribution in [0.1, 0.15) is 26.3 Å². The smallest absolute Gasteiger partial charge is 0.488 e. The number of hydrogen-bond acceptors (Lipinski definition) is 4. The standard InChI is InChI=1S/C14H24O4Si/c1-14(2,3)18-13-9-7-12(8-10-13)11-19(15-4,16-5)17-6/h7-10H,11H2,1-6H3. The van der Waals surface area contributed by atoms with Gasteiger partial charge in [0.25, 0.3) is 0 Å². The Kier molecular flexibility index (Phi) is 5.55. The van der Waals surface area contributed by atoms with Crippen LogP contribution in [0.2, 0.25) is 0 Å². The Morgan fingerprint density at radius 3 is 1.74 bits per heavy atom. The zero-order valence-corrected chi connectivity index (χ0v) is 13.6. The van der Waals surface area contributed by atoms with Gasteiger partial charge in [-0.2, -0.15) is 0 Å². The number of hydrogen-bond donors (Lipinski definition) is 0. The molecule has 0 N–H and O–H groups in total. The number of benzene rings is 1. The molecular weight excluding hydrogens is 260 g/mol. The van der Waals surface area contributed by atoms with Crippen LogP contribution in [-0.4, -0.2) is 35.7 Å². The number of rotatable bonds is 6. The van der Waals surface area contributed by atoms with Crippen molar-refractivity contribution in [3.05, 3.63) is 29.8 Å². The van der Waals surface area contributed by atoms with Crippen LogP contribution in [0.5, 0.6) is 5.75 Å². The molecule has 4 nitrogen and oxygen atoms in total. The molecule has 0 aromatic heterocycles. The fourth-order valence-electron chi connectivity index (χ4n) is 1.75. The predicted molar refractivity (Wildman–Crippen MR) is 77.3 cm³/mol. The highest BCUT2D eigenvalue weighted by molar-refractivity contribution is 6.60. The molecule has 1 aromatic rings. The molecule has 108 valence electrons. The minimum absolute atomic E-state index is 0.189. The second kappa shape index (κ2) is 6.52. The molecule has 0 heterocycles. The summed E-state index contributed by atoms with van der Waals surface area (Å²) in [5.41, 5.74) is 0.921. The molecule has 0 saturated carbocycles. The van der Waals surface area contributed by atoms with Crippen molar-refractivity contribution in [2.75, 3.05) is 21.3 Å². The Labute approximate surface area is 117 Å². The molecule has 0 fully saturated rings. The summed E-state index contributed by atoms with van der Waals surface area (Å²) in [6.07, 6.45) is 0. The highest BCUT2D eigenvalue weighted by Gasteiger charge is 2.37. The fraction of sp³-hybridized carbons (Fsp3) is 0.571. The average molecular weight is 284 g/mol. The third-order valence-corrected chi connectivity index (χ3v) is 5.41. The molecule has 0 aliphatic carbocycles. The van der Waals surface area contributed by atoms with Gasteiger partial charge in [-0.3, -0.25) is 0 Å². The van der Waals surface area contributed by atoms with Gasteiger partial charge in [0.15, 0.2) is 0 Å². The van der Waals surface area contributed by atoms with E-state index in [9.17, 15) is 0 Å². The van der Waals surface area contributed by atoms with Gasteiger partial charge in [-0.05, 0) is 38.5 Å². The summed E-state index contributed by atoms with van der Waals surface area (Å²) in [6, 6.07) is 8.59. The maximum Gasteiger partial charge on any atom is 0.504 e. The van der Waals surface area contributed by atoms with E-state index in [-0.39, 0.29) is 5.60 Å². The van der Waals surface area contributed by atoms with Gasteiger partial charge >= 0.3 is 8.80 Å². The molecule has 0 aliphatic heterocycles. The molecule has 0 radical (unpaired) electrons. The summed E-state index contributed by atoms with van der Waals surface area (Å²) in [5.74, 6) is 0.857. The third-order valence-electron chi connectivity index (χ3n) is 2.70. The van der Waals surface area contributed by atoms with Crippen molar-refractivity contribution in [3.63, 3.8) is 0 Å². The maximum atomic E-state index is 5.78. The zero-order chi connectivity index (χ0) is 14.5. The van der Waals surface area contributed by atoms with Crippen LogP contribution in [0.4, 0.5) is 0 Å². The molecule has 0 aliphatic rings. The van der Waals surface area contributed by atoms with Crippen molar-refractivity contribution in [3.8, 4) is 5.75 Å². The van der Waals surface area contributed by atoms with Gasteiger partial charge in [0.05, 0.1) is 0 Å². The second-order valence-electron chi connectivity index (χ2n) is 5.33. The van der Waals surface area contributed by atoms with E-state index in [1.807, 2.05) is 45.0 Å². The van der Waals surface area contributed by atoms with Crippen molar-refractivity contribution < 1.29 is 18.0 Å². The predicted octanol–water partition coefficient (Wildman–Crippen LogP) is 2.82. The zero-order valence-electron chi connectivity index (χ0n) is 12.6. The monoisotopic (exact) mass is 284 g/mol. The normalized spacial score (nSPS) is 12.5. The Bertz CT molecular complexity index is 371. The van der Waals surface area contributed by atoms with Crippen LogP contribution in [0.3, 0.4) is 0 Å². The molecule has 0 amide bonds. The van der Waals surface area contributed by atoms with E-state index in [0.717, 1.165) is 11.3 Å². The van der Waals surface area contributed by atoms with E-state index >= 15 is 0 Å². The van der Waals surface area contributed by atoms with E-state index in [0.29, 0.717) is 6.04 Å². The highest BCUT2D eigenvalue weighted by atomic mass is 28.4. The first-order chi connectivity index (χ1) is 8.84. The summed E-state index contributed by atoms with van der Waals surface area (Å²) in [5, 5.41) is 0. The lowest BCUT2D eigenvalue weighted by atomic mass is 10.2. The molecule has 0 spiro atoms. The third kappa shape index (κ3) is 4.95. The molecule has 1 aromatic carbocycles. The van der Waals surface area contributed by atoms with E-state index in [1.165, 1.54) is 0 Å². The van der Waals surface area contributed by atoms with E-state index < -0.39 is 8.80 Å². The molecule has 0 bridgehead atoms. The lowest BCUT2D eigenvalue weighted by Crippen LogP contribution is -2.45. The summed E-state index contributed by atoms with van der Waals surface area (Å²) in [6.45, 7) is 6.08. The largest absolute Gasteiger partial charge is 0.504 e. The lowest BCUT2D eigenvalue weighted by molar-refractivity contribution is 0.122. The topological polar surface area (TPSA) is 36.9 Å². The van der Waals surface area contributed by atoms with E-state index in [2.05, 4.69) is 0 Å². The van der Waals surface area contributed by atoms with Gasteiger partial charge in [0.2, 0.25) is 0 Å². The molecule has 1 rings (SSSR count). The Morgan fingerprint density at radius 1 is 0.895 bits per heavy atom. The van der Waals surface area contributed by atoms with Crippen molar-refractivity contribution in [1.29, 1.82) is 0 Å². The average Bonchev–Trinajstić information content (AvgIpc) is 2.37.